The van der Waals surface area contributed by atoms with E-state index in [0.29, 0.717) is 5.56 Å². The summed E-state index contributed by atoms with van der Waals surface area (Å²) in [5.74, 6) is 0. The highest BCUT2D eigenvalue weighted by atomic mass is 127. The first-order valence-electron chi connectivity index (χ1n) is 3.20. The van der Waals surface area contributed by atoms with Crippen molar-refractivity contribution in [1.29, 1.82) is 0 Å². The van der Waals surface area contributed by atoms with Crippen molar-refractivity contribution in [2.75, 3.05) is 0 Å². The summed E-state index contributed by atoms with van der Waals surface area (Å²) in [6, 6.07) is 1.21. The van der Waals surface area contributed by atoms with Crippen LogP contribution >= 0.6 is 22.6 Å². The molecule has 0 aliphatic rings. The van der Waals surface area contributed by atoms with Gasteiger partial charge in [0.15, 0.2) is 0 Å². The molecule has 0 fully saturated rings. The number of aryl methyl sites for hydroxylation is 1. The number of rotatable bonds is 1. The van der Waals surface area contributed by atoms with Crippen molar-refractivity contribution in [2.45, 2.75) is 13.3 Å². The summed E-state index contributed by atoms with van der Waals surface area (Å²) in [4.78, 5) is 13.2. The molecule has 0 spiro atoms. The molecule has 1 aromatic rings. The lowest BCUT2D eigenvalue weighted by Gasteiger charge is -2.02. The molecule has 1 N–H and O–H groups in total. The van der Waals surface area contributed by atoms with Crippen molar-refractivity contribution in [2.24, 2.45) is 0 Å². The van der Waals surface area contributed by atoms with Crippen molar-refractivity contribution in [1.82, 2.24) is 4.98 Å². The lowest BCUT2D eigenvalue weighted by Crippen LogP contribution is -2.12. The highest BCUT2D eigenvalue weighted by molar-refractivity contribution is 14.1. The zero-order chi connectivity index (χ0) is 9.30. The van der Waals surface area contributed by atoms with E-state index >= 15 is 0 Å². The SMILES string of the molecule is Cc1cc(C(F)F)c(I)[nH]c1=O. The Morgan fingerprint density at radius 3 is 2.67 bits per heavy atom. The van der Waals surface area contributed by atoms with Crippen molar-refractivity contribution in [3.05, 3.63) is 31.2 Å². The highest BCUT2D eigenvalue weighted by Gasteiger charge is 2.12. The summed E-state index contributed by atoms with van der Waals surface area (Å²) in [6.45, 7) is 1.50. The molecule has 1 heterocycles. The quantitative estimate of drug-likeness (QED) is 0.623. The van der Waals surface area contributed by atoms with Gasteiger partial charge in [-0.25, -0.2) is 8.78 Å². The first-order valence-corrected chi connectivity index (χ1v) is 4.27. The Hall–Kier alpha value is -0.460. The van der Waals surface area contributed by atoms with Gasteiger partial charge in [0.25, 0.3) is 12.0 Å². The molecule has 0 aliphatic heterocycles. The van der Waals surface area contributed by atoms with E-state index in [0.717, 1.165) is 0 Å². The maximum atomic E-state index is 12.2. The van der Waals surface area contributed by atoms with E-state index in [2.05, 4.69) is 4.98 Å². The minimum absolute atomic E-state index is 0.118. The minimum Gasteiger partial charge on any atom is -0.317 e. The van der Waals surface area contributed by atoms with Crippen LogP contribution in [0, 0.1) is 10.6 Å². The number of hydrogen-bond acceptors (Lipinski definition) is 1. The Labute approximate surface area is 81.1 Å². The minimum atomic E-state index is -2.53. The topological polar surface area (TPSA) is 32.9 Å². The summed E-state index contributed by atoms with van der Waals surface area (Å²) in [5.41, 5.74) is -0.123. The van der Waals surface area contributed by atoms with Gasteiger partial charge in [-0.1, -0.05) is 0 Å². The van der Waals surface area contributed by atoms with Crippen molar-refractivity contribution in [3.8, 4) is 0 Å². The normalized spacial score (nSPS) is 10.8. The number of hydrogen-bond donors (Lipinski definition) is 1. The third-order valence-electron chi connectivity index (χ3n) is 1.44. The van der Waals surface area contributed by atoms with Crippen LogP contribution in [0.15, 0.2) is 10.9 Å². The van der Waals surface area contributed by atoms with Gasteiger partial charge >= 0.3 is 0 Å². The lowest BCUT2D eigenvalue weighted by molar-refractivity contribution is 0.149. The van der Waals surface area contributed by atoms with Gasteiger partial charge in [-0.15, -0.1) is 0 Å². The van der Waals surface area contributed by atoms with Crippen LogP contribution in [0.25, 0.3) is 0 Å². The predicted octanol–water partition coefficient (Wildman–Crippen LogP) is 2.23. The lowest BCUT2D eigenvalue weighted by atomic mass is 10.2. The van der Waals surface area contributed by atoms with Gasteiger partial charge in [0.05, 0.1) is 3.70 Å². The monoisotopic (exact) mass is 285 g/mol. The Morgan fingerprint density at radius 1 is 1.58 bits per heavy atom. The molecule has 0 atom stereocenters. The fourth-order valence-corrected chi connectivity index (χ4v) is 1.43. The molecule has 0 amide bonds. The van der Waals surface area contributed by atoms with Crippen molar-refractivity contribution >= 4 is 22.6 Å². The fraction of sp³-hybridized carbons (Fsp3) is 0.286. The molecule has 2 nitrogen and oxygen atoms in total. The number of pyridine rings is 1. The molecule has 0 radical (unpaired) electrons. The largest absolute Gasteiger partial charge is 0.317 e. The molecule has 0 saturated carbocycles. The van der Waals surface area contributed by atoms with Gasteiger partial charge in [-0.2, -0.15) is 0 Å². The molecule has 0 aromatic carbocycles. The van der Waals surface area contributed by atoms with Gasteiger partial charge in [-0.3, -0.25) is 4.79 Å². The van der Waals surface area contributed by atoms with Gasteiger partial charge in [0, 0.05) is 11.1 Å². The van der Waals surface area contributed by atoms with E-state index in [-0.39, 0.29) is 14.8 Å². The second-order valence-electron chi connectivity index (χ2n) is 2.35. The third kappa shape index (κ3) is 1.82. The van der Waals surface area contributed by atoms with Crippen LogP contribution in [0.2, 0.25) is 0 Å². The molecular formula is C7H6F2INO. The summed E-state index contributed by atoms with van der Waals surface area (Å²) in [7, 11) is 0. The third-order valence-corrected chi connectivity index (χ3v) is 2.33. The molecule has 0 unspecified atom stereocenters. The van der Waals surface area contributed by atoms with Crippen molar-refractivity contribution in [3.63, 3.8) is 0 Å². The average molecular weight is 285 g/mol. The second kappa shape index (κ2) is 3.51. The summed E-state index contributed by atoms with van der Waals surface area (Å²) in [6.07, 6.45) is -2.53. The van der Waals surface area contributed by atoms with Crippen LogP contribution in [-0.2, 0) is 0 Å². The molecule has 0 bridgehead atoms. The van der Waals surface area contributed by atoms with E-state index < -0.39 is 6.43 Å². The Bertz CT molecular complexity index is 348. The van der Waals surface area contributed by atoms with Gasteiger partial charge < -0.3 is 4.98 Å². The number of halogens is 3. The summed E-state index contributed by atoms with van der Waals surface area (Å²) in [5, 5.41) is 0. The van der Waals surface area contributed by atoms with Crippen LogP contribution < -0.4 is 5.56 Å². The number of alkyl halides is 2. The highest BCUT2D eigenvalue weighted by Crippen LogP contribution is 2.22. The van der Waals surface area contributed by atoms with E-state index in [9.17, 15) is 13.6 Å². The molecule has 5 heteroatoms. The smallest absolute Gasteiger partial charge is 0.266 e. The summed E-state index contributed by atoms with van der Waals surface area (Å²) >= 11 is 1.68. The number of aromatic amines is 1. The molecular weight excluding hydrogens is 279 g/mol. The van der Waals surface area contributed by atoms with E-state index in [1.807, 2.05) is 0 Å². The van der Waals surface area contributed by atoms with Crippen LogP contribution in [0.1, 0.15) is 17.6 Å². The molecule has 0 aliphatic carbocycles. The fourth-order valence-electron chi connectivity index (χ4n) is 0.791. The first-order chi connectivity index (χ1) is 5.52. The standard InChI is InChI=1S/C7H6F2INO/c1-3-2-4(5(8)9)6(10)11-7(3)12/h2,5H,1H3,(H,11,12). The Kier molecular flexibility index (Phi) is 2.81. The number of nitrogens with one attached hydrogen (secondary N) is 1. The Morgan fingerprint density at radius 2 is 2.17 bits per heavy atom. The van der Waals surface area contributed by atoms with Crippen LogP contribution in [-0.4, -0.2) is 4.98 Å². The van der Waals surface area contributed by atoms with Crippen LogP contribution in [0.3, 0.4) is 0 Å². The zero-order valence-electron chi connectivity index (χ0n) is 6.20. The van der Waals surface area contributed by atoms with E-state index in [1.54, 1.807) is 22.6 Å². The van der Waals surface area contributed by atoms with Gasteiger partial charge in [0.1, 0.15) is 0 Å². The van der Waals surface area contributed by atoms with Gasteiger partial charge in [0.2, 0.25) is 0 Å². The molecule has 1 rings (SSSR count). The zero-order valence-corrected chi connectivity index (χ0v) is 8.35. The summed E-state index contributed by atoms with van der Waals surface area (Å²) < 4.78 is 24.6. The van der Waals surface area contributed by atoms with Crippen LogP contribution in [0.4, 0.5) is 8.78 Å². The first kappa shape index (κ1) is 9.63. The predicted molar refractivity (Wildman–Crippen MR) is 49.5 cm³/mol. The van der Waals surface area contributed by atoms with Crippen molar-refractivity contribution < 1.29 is 8.78 Å². The number of H-pyrrole nitrogens is 1. The Balaban J connectivity index is 3.33. The second-order valence-corrected chi connectivity index (χ2v) is 3.43. The average Bonchev–Trinajstić information content (AvgIpc) is 1.96. The number of aromatic nitrogens is 1. The van der Waals surface area contributed by atoms with Gasteiger partial charge in [-0.05, 0) is 35.6 Å². The van der Waals surface area contributed by atoms with Crippen LogP contribution in [0.5, 0.6) is 0 Å². The van der Waals surface area contributed by atoms with E-state index in [4.69, 9.17) is 0 Å². The maximum absolute atomic E-state index is 12.2. The molecule has 66 valence electrons. The molecule has 0 saturated heterocycles. The molecule has 12 heavy (non-hydrogen) atoms. The molecule has 1 aromatic heterocycles. The van der Waals surface area contributed by atoms with E-state index in [1.165, 1.54) is 13.0 Å². The maximum Gasteiger partial charge on any atom is 0.266 e.